The first-order valence-electron chi connectivity index (χ1n) is 6.48. The maximum absolute atomic E-state index is 4.56. The van der Waals surface area contributed by atoms with Gasteiger partial charge in [-0.05, 0) is 39.3 Å². The third kappa shape index (κ3) is 2.60. The summed E-state index contributed by atoms with van der Waals surface area (Å²) in [5.74, 6) is 0. The first-order chi connectivity index (χ1) is 8.04. The molecule has 1 aliphatic rings. The van der Waals surface area contributed by atoms with Crippen molar-refractivity contribution >= 4 is 5.69 Å². The Morgan fingerprint density at radius 3 is 2.82 bits per heavy atom. The number of hydrogen-bond donors (Lipinski definition) is 1. The van der Waals surface area contributed by atoms with Gasteiger partial charge in [-0.3, -0.25) is 4.98 Å². The molecule has 1 aliphatic heterocycles. The van der Waals surface area contributed by atoms with Crippen LogP contribution in [-0.4, -0.2) is 30.2 Å². The fourth-order valence-electron chi connectivity index (χ4n) is 2.50. The van der Waals surface area contributed by atoms with E-state index in [0.717, 1.165) is 37.4 Å². The van der Waals surface area contributed by atoms with Crippen LogP contribution in [-0.2, 0) is 0 Å². The Balaban J connectivity index is 2.22. The van der Waals surface area contributed by atoms with Crippen LogP contribution in [0.4, 0.5) is 5.69 Å². The average molecular weight is 233 g/mol. The Bertz CT molecular complexity index is 402. The molecule has 3 nitrogen and oxygen atoms in total. The first-order valence-corrected chi connectivity index (χ1v) is 6.48. The largest absolute Gasteiger partial charge is 0.367 e. The van der Waals surface area contributed by atoms with Crippen molar-refractivity contribution in [2.75, 3.05) is 24.5 Å². The van der Waals surface area contributed by atoms with E-state index in [0.29, 0.717) is 0 Å². The predicted octanol–water partition coefficient (Wildman–Crippen LogP) is 2.28. The molecule has 0 aromatic carbocycles. The number of aryl methyl sites for hydroxylation is 2. The number of aromatic nitrogens is 1. The second-order valence-electron chi connectivity index (χ2n) is 5.32. The minimum atomic E-state index is 0.232. The van der Waals surface area contributed by atoms with Crippen LogP contribution >= 0.6 is 0 Å². The Morgan fingerprint density at radius 2 is 2.18 bits per heavy atom. The van der Waals surface area contributed by atoms with Crippen LogP contribution < -0.4 is 10.2 Å². The molecule has 0 saturated carbocycles. The number of pyridine rings is 1. The Hall–Kier alpha value is -1.09. The van der Waals surface area contributed by atoms with E-state index in [1.807, 2.05) is 6.92 Å². The lowest BCUT2D eigenvalue weighted by Crippen LogP contribution is -2.58. The molecule has 1 aromatic rings. The monoisotopic (exact) mass is 233 g/mol. The summed E-state index contributed by atoms with van der Waals surface area (Å²) < 4.78 is 0. The van der Waals surface area contributed by atoms with Crippen molar-refractivity contribution in [3.8, 4) is 0 Å². The minimum Gasteiger partial charge on any atom is -0.367 e. The zero-order valence-corrected chi connectivity index (χ0v) is 11.4. The highest BCUT2D eigenvalue weighted by Crippen LogP contribution is 2.24. The molecular weight excluding hydrogens is 210 g/mol. The lowest BCUT2D eigenvalue weighted by molar-refractivity contribution is 0.314. The summed E-state index contributed by atoms with van der Waals surface area (Å²) in [5, 5.41) is 3.61. The molecular formula is C14H23N3. The maximum Gasteiger partial charge on any atom is 0.0608 e. The van der Waals surface area contributed by atoms with Crippen molar-refractivity contribution < 1.29 is 0 Å². The van der Waals surface area contributed by atoms with E-state index < -0.39 is 0 Å². The van der Waals surface area contributed by atoms with E-state index in [2.05, 4.69) is 48.1 Å². The molecule has 0 amide bonds. The van der Waals surface area contributed by atoms with Crippen molar-refractivity contribution in [3.63, 3.8) is 0 Å². The quantitative estimate of drug-likeness (QED) is 0.849. The molecule has 1 unspecified atom stereocenters. The molecule has 2 rings (SSSR count). The number of rotatable bonds is 2. The van der Waals surface area contributed by atoms with Crippen LogP contribution in [0.5, 0.6) is 0 Å². The number of anilines is 1. The topological polar surface area (TPSA) is 28.2 Å². The number of nitrogens with zero attached hydrogens (tertiary/aromatic N) is 2. The molecule has 1 fully saturated rings. The molecule has 1 N–H and O–H groups in total. The van der Waals surface area contributed by atoms with Gasteiger partial charge in [-0.25, -0.2) is 0 Å². The van der Waals surface area contributed by atoms with Gasteiger partial charge in [-0.2, -0.15) is 0 Å². The third-order valence-corrected chi connectivity index (χ3v) is 3.79. The normalized spacial score (nSPS) is 25.1. The molecule has 0 spiro atoms. The Morgan fingerprint density at radius 1 is 1.41 bits per heavy atom. The van der Waals surface area contributed by atoms with Crippen LogP contribution in [0.1, 0.15) is 31.7 Å². The second-order valence-corrected chi connectivity index (χ2v) is 5.32. The fourth-order valence-corrected chi connectivity index (χ4v) is 2.50. The molecule has 0 radical (unpaired) electrons. The lowest BCUT2D eigenvalue weighted by atomic mass is 9.95. The summed E-state index contributed by atoms with van der Waals surface area (Å²) in [7, 11) is 0. The highest BCUT2D eigenvalue weighted by Gasteiger charge is 2.29. The molecule has 1 saturated heterocycles. The van der Waals surface area contributed by atoms with Crippen LogP contribution in [0, 0.1) is 13.8 Å². The maximum atomic E-state index is 4.56. The molecule has 1 atom stereocenters. The number of hydrogen-bond acceptors (Lipinski definition) is 3. The van der Waals surface area contributed by atoms with Gasteiger partial charge < -0.3 is 10.2 Å². The van der Waals surface area contributed by atoms with E-state index in [1.165, 1.54) is 5.69 Å². The molecule has 17 heavy (non-hydrogen) atoms. The van der Waals surface area contributed by atoms with Gasteiger partial charge in [0, 0.05) is 30.9 Å². The summed E-state index contributed by atoms with van der Waals surface area (Å²) in [4.78, 5) is 7.02. The van der Waals surface area contributed by atoms with E-state index in [-0.39, 0.29) is 5.54 Å². The smallest absolute Gasteiger partial charge is 0.0608 e. The van der Waals surface area contributed by atoms with Gasteiger partial charge in [0.2, 0.25) is 0 Å². The van der Waals surface area contributed by atoms with Gasteiger partial charge >= 0.3 is 0 Å². The standard InChI is InChI=1S/C14H23N3/c1-5-14(4)10-17(9-8-15-14)13-7-6-11(2)16-12(13)3/h6-7,15H,5,8-10H2,1-4H3. The van der Waals surface area contributed by atoms with Crippen LogP contribution in [0.25, 0.3) is 0 Å². The van der Waals surface area contributed by atoms with Crippen LogP contribution in [0.2, 0.25) is 0 Å². The van der Waals surface area contributed by atoms with Gasteiger partial charge in [0.25, 0.3) is 0 Å². The summed E-state index contributed by atoms with van der Waals surface area (Å²) in [6, 6.07) is 4.31. The van der Waals surface area contributed by atoms with E-state index in [1.54, 1.807) is 0 Å². The predicted molar refractivity (Wildman–Crippen MR) is 72.6 cm³/mol. The summed E-state index contributed by atoms with van der Waals surface area (Å²) >= 11 is 0. The average Bonchev–Trinajstić information content (AvgIpc) is 2.29. The Kier molecular flexibility index (Phi) is 3.38. The Labute approximate surface area is 104 Å². The number of nitrogens with one attached hydrogen (secondary N) is 1. The van der Waals surface area contributed by atoms with Crippen molar-refractivity contribution in [2.24, 2.45) is 0 Å². The van der Waals surface area contributed by atoms with Gasteiger partial charge in [-0.15, -0.1) is 0 Å². The summed E-state index contributed by atoms with van der Waals surface area (Å²) in [6.45, 7) is 11.9. The number of piperazine rings is 1. The van der Waals surface area contributed by atoms with Gasteiger partial charge in [0.05, 0.1) is 11.4 Å². The van der Waals surface area contributed by atoms with E-state index in [9.17, 15) is 0 Å². The lowest BCUT2D eigenvalue weighted by Gasteiger charge is -2.42. The van der Waals surface area contributed by atoms with Crippen molar-refractivity contribution in [1.29, 1.82) is 0 Å². The van der Waals surface area contributed by atoms with Crippen molar-refractivity contribution in [1.82, 2.24) is 10.3 Å². The summed E-state index contributed by atoms with van der Waals surface area (Å²) in [6.07, 6.45) is 1.15. The summed E-state index contributed by atoms with van der Waals surface area (Å²) in [5.41, 5.74) is 3.76. The van der Waals surface area contributed by atoms with E-state index in [4.69, 9.17) is 0 Å². The molecule has 2 heterocycles. The van der Waals surface area contributed by atoms with Crippen molar-refractivity contribution in [3.05, 3.63) is 23.5 Å². The zero-order valence-electron chi connectivity index (χ0n) is 11.4. The fraction of sp³-hybridized carbons (Fsp3) is 0.643. The molecule has 94 valence electrons. The zero-order chi connectivity index (χ0) is 12.5. The molecule has 0 aliphatic carbocycles. The third-order valence-electron chi connectivity index (χ3n) is 3.79. The highest BCUT2D eigenvalue weighted by atomic mass is 15.2. The van der Waals surface area contributed by atoms with Gasteiger partial charge in [0.1, 0.15) is 0 Å². The molecule has 1 aromatic heterocycles. The first kappa shape index (κ1) is 12.4. The SMILES string of the molecule is CCC1(C)CN(c2ccc(C)nc2C)CCN1. The van der Waals surface area contributed by atoms with Crippen molar-refractivity contribution in [2.45, 2.75) is 39.7 Å². The minimum absolute atomic E-state index is 0.232. The molecule has 0 bridgehead atoms. The van der Waals surface area contributed by atoms with E-state index >= 15 is 0 Å². The molecule has 3 heteroatoms. The highest BCUT2D eigenvalue weighted by molar-refractivity contribution is 5.51. The van der Waals surface area contributed by atoms with Crippen LogP contribution in [0.3, 0.4) is 0 Å². The van der Waals surface area contributed by atoms with Gasteiger partial charge in [-0.1, -0.05) is 6.92 Å². The van der Waals surface area contributed by atoms with Gasteiger partial charge in [0.15, 0.2) is 0 Å². The van der Waals surface area contributed by atoms with Crippen LogP contribution in [0.15, 0.2) is 12.1 Å². The second kappa shape index (κ2) is 4.65.